The second-order valence-electron chi connectivity index (χ2n) is 7.39. The van der Waals surface area contributed by atoms with E-state index in [0.29, 0.717) is 16.9 Å². The number of para-hydroxylation sites is 2. The summed E-state index contributed by atoms with van der Waals surface area (Å²) in [6, 6.07) is 12.9. The van der Waals surface area contributed by atoms with Gasteiger partial charge in [-0.25, -0.2) is 0 Å². The summed E-state index contributed by atoms with van der Waals surface area (Å²) >= 11 is 0. The summed E-state index contributed by atoms with van der Waals surface area (Å²) < 4.78 is 5.41. The average Bonchev–Trinajstić information content (AvgIpc) is 2.69. The van der Waals surface area contributed by atoms with Gasteiger partial charge in [-0.15, -0.1) is 0 Å². The van der Waals surface area contributed by atoms with Crippen molar-refractivity contribution in [3.05, 3.63) is 53.6 Å². The summed E-state index contributed by atoms with van der Waals surface area (Å²) in [7, 11) is 3.66. The van der Waals surface area contributed by atoms with Crippen molar-refractivity contribution < 1.29 is 14.3 Å². The fourth-order valence-electron chi connectivity index (χ4n) is 3.33. The van der Waals surface area contributed by atoms with E-state index in [1.54, 1.807) is 17.0 Å². The number of nitrogens with zero attached hydrogens (tertiary/aromatic N) is 2. The highest BCUT2D eigenvalue weighted by atomic mass is 16.5. The van der Waals surface area contributed by atoms with Crippen molar-refractivity contribution >= 4 is 28.9 Å². The Morgan fingerprint density at radius 2 is 1.69 bits per heavy atom. The molecule has 7 nitrogen and oxygen atoms in total. The molecule has 0 aliphatic carbocycles. The number of ether oxygens (including phenoxy) is 1. The number of hydrogen-bond acceptors (Lipinski definition) is 5. The van der Waals surface area contributed by atoms with Crippen molar-refractivity contribution in [3.63, 3.8) is 0 Å². The van der Waals surface area contributed by atoms with Crippen LogP contribution < -0.4 is 15.5 Å². The van der Waals surface area contributed by atoms with Crippen molar-refractivity contribution in [1.82, 2.24) is 4.90 Å². The van der Waals surface area contributed by atoms with Gasteiger partial charge in [-0.2, -0.15) is 0 Å². The molecule has 1 aliphatic heterocycles. The molecule has 0 atom stereocenters. The Kier molecular flexibility index (Phi) is 6.85. The molecule has 2 amide bonds. The number of likely N-dealkylation sites (N-methyl/N-ethyl adjacent to an activating group) is 1. The number of carbonyl (C=O) groups is 2. The number of aryl methyl sites for hydroxylation is 1. The molecular formula is C22H28N4O3. The highest BCUT2D eigenvalue weighted by molar-refractivity contribution is 6.07. The van der Waals surface area contributed by atoms with Gasteiger partial charge in [0.25, 0.3) is 5.91 Å². The topological polar surface area (TPSA) is 73.9 Å². The monoisotopic (exact) mass is 396 g/mol. The quantitative estimate of drug-likeness (QED) is 0.785. The lowest BCUT2D eigenvalue weighted by atomic mass is 10.1. The van der Waals surface area contributed by atoms with E-state index in [1.165, 1.54) is 0 Å². The minimum Gasteiger partial charge on any atom is -0.378 e. The third-order valence-electron chi connectivity index (χ3n) is 4.72. The third-order valence-corrected chi connectivity index (χ3v) is 4.72. The van der Waals surface area contributed by atoms with Crippen LogP contribution >= 0.6 is 0 Å². The van der Waals surface area contributed by atoms with E-state index in [9.17, 15) is 9.59 Å². The van der Waals surface area contributed by atoms with Crippen molar-refractivity contribution in [2.45, 2.75) is 6.92 Å². The Morgan fingerprint density at radius 3 is 2.31 bits per heavy atom. The van der Waals surface area contributed by atoms with Crippen LogP contribution in [-0.4, -0.2) is 63.7 Å². The standard InChI is InChI=1S/C22H28N4O3/c1-16-14-17(8-9-20(16)26-10-12-29-13-11-26)22(28)24-19-7-5-4-6-18(19)23-21(27)15-25(2)3/h4-9,14H,10-13,15H2,1-3H3,(H,23,27)(H,24,28). The normalized spacial score (nSPS) is 14.0. The van der Waals surface area contributed by atoms with Crippen LogP contribution in [0.4, 0.5) is 17.1 Å². The molecule has 154 valence electrons. The molecule has 2 aromatic rings. The van der Waals surface area contributed by atoms with Gasteiger partial charge in [0.1, 0.15) is 0 Å². The Morgan fingerprint density at radius 1 is 1.03 bits per heavy atom. The van der Waals surface area contributed by atoms with Gasteiger partial charge >= 0.3 is 0 Å². The van der Waals surface area contributed by atoms with Gasteiger partial charge in [-0.05, 0) is 56.9 Å². The number of anilines is 3. The maximum Gasteiger partial charge on any atom is 0.255 e. The van der Waals surface area contributed by atoms with Crippen molar-refractivity contribution in [1.29, 1.82) is 0 Å². The molecule has 1 aliphatic rings. The van der Waals surface area contributed by atoms with E-state index in [-0.39, 0.29) is 18.4 Å². The van der Waals surface area contributed by atoms with E-state index < -0.39 is 0 Å². The molecule has 0 aromatic heterocycles. The molecule has 0 saturated carbocycles. The number of amides is 2. The van der Waals surface area contributed by atoms with Crippen molar-refractivity contribution in [3.8, 4) is 0 Å². The largest absolute Gasteiger partial charge is 0.378 e. The fourth-order valence-corrected chi connectivity index (χ4v) is 3.33. The number of carbonyl (C=O) groups excluding carboxylic acids is 2. The van der Waals surface area contributed by atoms with Crippen LogP contribution in [0.2, 0.25) is 0 Å². The fraction of sp³-hybridized carbons (Fsp3) is 0.364. The minimum absolute atomic E-state index is 0.137. The number of rotatable bonds is 6. The zero-order valence-corrected chi connectivity index (χ0v) is 17.2. The second-order valence-corrected chi connectivity index (χ2v) is 7.39. The zero-order chi connectivity index (χ0) is 20.8. The highest BCUT2D eigenvalue weighted by Crippen LogP contribution is 2.25. The first-order valence-corrected chi connectivity index (χ1v) is 9.72. The first-order valence-electron chi connectivity index (χ1n) is 9.72. The maximum absolute atomic E-state index is 12.8. The Bertz CT molecular complexity index is 876. The van der Waals surface area contributed by atoms with Crippen LogP contribution in [0.3, 0.4) is 0 Å². The van der Waals surface area contributed by atoms with E-state index in [0.717, 1.165) is 37.6 Å². The van der Waals surface area contributed by atoms with Crippen LogP contribution in [0.5, 0.6) is 0 Å². The molecule has 0 bridgehead atoms. The predicted octanol–water partition coefficient (Wildman–Crippen LogP) is 2.58. The van der Waals surface area contributed by atoms with Crippen LogP contribution in [0.1, 0.15) is 15.9 Å². The van der Waals surface area contributed by atoms with E-state index >= 15 is 0 Å². The first kappa shape index (κ1) is 20.8. The summed E-state index contributed by atoms with van der Waals surface area (Å²) in [5.74, 6) is -0.349. The summed E-state index contributed by atoms with van der Waals surface area (Å²) in [5, 5.41) is 5.76. The SMILES string of the molecule is Cc1cc(C(=O)Nc2ccccc2NC(=O)CN(C)C)ccc1N1CCOCC1. The smallest absolute Gasteiger partial charge is 0.255 e. The zero-order valence-electron chi connectivity index (χ0n) is 17.2. The molecule has 2 N–H and O–H groups in total. The van der Waals surface area contributed by atoms with Gasteiger partial charge in [0.05, 0.1) is 31.1 Å². The average molecular weight is 396 g/mol. The number of hydrogen-bond donors (Lipinski definition) is 2. The second kappa shape index (κ2) is 9.54. The van der Waals surface area contributed by atoms with E-state index in [4.69, 9.17) is 4.74 Å². The molecule has 1 fully saturated rings. The molecule has 1 saturated heterocycles. The van der Waals surface area contributed by atoms with Gasteiger partial charge in [0.2, 0.25) is 5.91 Å². The van der Waals surface area contributed by atoms with Crippen LogP contribution in [-0.2, 0) is 9.53 Å². The van der Waals surface area contributed by atoms with Gasteiger partial charge in [-0.3, -0.25) is 9.59 Å². The Balaban J connectivity index is 1.72. The first-order chi connectivity index (χ1) is 13.9. The summed E-state index contributed by atoms with van der Waals surface area (Å²) in [5.41, 5.74) is 3.90. The molecule has 0 radical (unpaired) electrons. The summed E-state index contributed by atoms with van der Waals surface area (Å²) in [6.07, 6.45) is 0. The van der Waals surface area contributed by atoms with Gasteiger partial charge < -0.3 is 25.2 Å². The van der Waals surface area contributed by atoms with Gasteiger partial charge in [0, 0.05) is 24.3 Å². The van der Waals surface area contributed by atoms with Gasteiger partial charge in [-0.1, -0.05) is 12.1 Å². The molecule has 1 heterocycles. The van der Waals surface area contributed by atoms with E-state index in [1.807, 2.05) is 51.4 Å². The molecule has 0 spiro atoms. The number of nitrogens with one attached hydrogen (secondary N) is 2. The predicted molar refractivity (Wildman–Crippen MR) is 116 cm³/mol. The van der Waals surface area contributed by atoms with E-state index in [2.05, 4.69) is 15.5 Å². The molecule has 29 heavy (non-hydrogen) atoms. The van der Waals surface area contributed by atoms with Crippen LogP contribution in [0.25, 0.3) is 0 Å². The number of benzene rings is 2. The van der Waals surface area contributed by atoms with Crippen molar-refractivity contribution in [2.24, 2.45) is 0 Å². The summed E-state index contributed by atoms with van der Waals surface area (Å²) in [6.45, 7) is 5.43. The number of morpholine rings is 1. The third kappa shape index (κ3) is 5.56. The molecule has 3 rings (SSSR count). The van der Waals surface area contributed by atoms with Crippen LogP contribution in [0.15, 0.2) is 42.5 Å². The van der Waals surface area contributed by atoms with Gasteiger partial charge in [0.15, 0.2) is 0 Å². The maximum atomic E-state index is 12.8. The highest BCUT2D eigenvalue weighted by Gasteiger charge is 2.16. The minimum atomic E-state index is -0.212. The lowest BCUT2D eigenvalue weighted by Crippen LogP contribution is -2.36. The Labute approximate surface area is 171 Å². The van der Waals surface area contributed by atoms with Crippen LogP contribution in [0, 0.1) is 6.92 Å². The lowest BCUT2D eigenvalue weighted by molar-refractivity contribution is -0.116. The lowest BCUT2D eigenvalue weighted by Gasteiger charge is -2.30. The Hall–Kier alpha value is -2.90. The molecule has 0 unspecified atom stereocenters. The molecule has 2 aromatic carbocycles. The molecular weight excluding hydrogens is 368 g/mol. The summed E-state index contributed by atoms with van der Waals surface area (Å²) in [4.78, 5) is 28.9. The molecule has 7 heteroatoms. The van der Waals surface area contributed by atoms with Crippen molar-refractivity contribution in [2.75, 3.05) is 62.5 Å².